The van der Waals surface area contributed by atoms with Crippen molar-refractivity contribution in [3.05, 3.63) is 0 Å². The Bertz CT molecular complexity index is 657. The lowest BCUT2D eigenvalue weighted by molar-refractivity contribution is -0.0685. The number of hydrogen-bond acceptors (Lipinski definition) is 20. The van der Waals surface area contributed by atoms with E-state index in [1.807, 2.05) is 0 Å². The van der Waals surface area contributed by atoms with Gasteiger partial charge in [0.25, 0.3) is 0 Å². The second-order valence-electron chi connectivity index (χ2n) is 10.3. The van der Waals surface area contributed by atoms with Crippen molar-refractivity contribution in [2.45, 2.75) is 97.7 Å². The van der Waals surface area contributed by atoms with Crippen molar-refractivity contribution >= 4 is 0 Å². The molecule has 44 heavy (non-hydrogen) atoms. The predicted octanol–water partition coefficient (Wildman–Crippen LogP) is -10.2. The Labute approximate surface area is 251 Å². The zero-order chi connectivity index (χ0) is 33.7. The van der Waals surface area contributed by atoms with Crippen LogP contribution in [0.4, 0.5) is 0 Å². The fourth-order valence-corrected chi connectivity index (χ4v) is 4.39. The molecule has 0 spiro atoms. The third-order valence-electron chi connectivity index (χ3n) is 7.16. The summed E-state index contributed by atoms with van der Waals surface area (Å²) in [5.74, 6) is 0. The highest BCUT2D eigenvalue weighted by atomic mass is 16.6. The van der Waals surface area contributed by atoms with Crippen molar-refractivity contribution in [1.29, 1.82) is 0 Å². The first-order chi connectivity index (χ1) is 20.7. The van der Waals surface area contributed by atoms with E-state index in [2.05, 4.69) is 0 Å². The molecule has 20 nitrogen and oxygen atoms in total. The lowest BCUT2D eigenvalue weighted by atomic mass is 10.1. The number of rotatable bonds is 8. The predicted molar refractivity (Wildman–Crippen MR) is 139 cm³/mol. The van der Waals surface area contributed by atoms with E-state index in [9.17, 15) is 0 Å². The average molecular weight is 657 g/mol. The minimum atomic E-state index is -1.12. The molecule has 0 amide bonds. The topological polar surface area (TPSA) is 361 Å². The molecule has 4 fully saturated rings. The molecule has 0 aliphatic carbocycles. The molecule has 0 bridgehead atoms. The van der Waals surface area contributed by atoms with E-state index in [0.29, 0.717) is 0 Å². The van der Waals surface area contributed by atoms with Gasteiger partial charge in [0.2, 0.25) is 0 Å². The van der Waals surface area contributed by atoms with E-state index in [0.717, 1.165) is 0 Å². The molecule has 0 aromatic carbocycles. The van der Waals surface area contributed by atoms with E-state index >= 15 is 0 Å². The third kappa shape index (κ3) is 11.2. The first-order valence-corrected chi connectivity index (χ1v) is 13.7. The summed E-state index contributed by atoms with van der Waals surface area (Å²) >= 11 is 0. The van der Waals surface area contributed by atoms with Gasteiger partial charge >= 0.3 is 0 Å². The molecule has 4 saturated heterocycles. The molecule has 4 unspecified atom stereocenters. The van der Waals surface area contributed by atoms with Gasteiger partial charge in [-0.2, -0.15) is 0 Å². The first kappa shape index (κ1) is 41.2. The molecule has 4 heterocycles. The van der Waals surface area contributed by atoms with E-state index in [1.165, 1.54) is 0 Å². The lowest BCUT2D eigenvalue weighted by Crippen LogP contribution is -2.40. The second-order valence-corrected chi connectivity index (χ2v) is 10.3. The Morgan fingerprint density at radius 1 is 0.432 bits per heavy atom. The maximum atomic E-state index is 9.11. The van der Waals surface area contributed by atoms with Gasteiger partial charge in [0.15, 0.2) is 0 Å². The van der Waals surface area contributed by atoms with E-state index in [1.54, 1.807) is 0 Å². The zero-order valence-corrected chi connectivity index (χ0v) is 23.7. The number of hydrogen-bond donors (Lipinski definition) is 16. The molecule has 264 valence electrons. The molecule has 0 radical (unpaired) electrons. The highest BCUT2D eigenvalue weighted by Crippen LogP contribution is 2.21. The molecule has 16 atom stereocenters. The van der Waals surface area contributed by atoms with Crippen LogP contribution in [0.2, 0.25) is 0 Å². The van der Waals surface area contributed by atoms with Crippen LogP contribution in [0.1, 0.15) is 0 Å². The van der Waals surface area contributed by atoms with Gasteiger partial charge in [0.1, 0.15) is 97.7 Å². The quantitative estimate of drug-likeness (QED) is 0.115. The first-order valence-electron chi connectivity index (χ1n) is 13.7. The molecule has 4 rings (SSSR count). The fourth-order valence-electron chi connectivity index (χ4n) is 4.39. The van der Waals surface area contributed by atoms with Crippen molar-refractivity contribution in [3.63, 3.8) is 0 Å². The van der Waals surface area contributed by atoms with E-state index < -0.39 is 111 Å². The smallest absolute Gasteiger partial charge is 0.114 e. The van der Waals surface area contributed by atoms with Crippen LogP contribution in [0, 0.1) is 0 Å². The SMILES string of the molecule is OC[C@@H](O)[C@H]1OCC(O)[C@H]1O.OC[C@@H]1O[C@@H](CO)[C@H](O)C1O.OC[C@H](O)[C@H]1OC[C@H](O)C1O.OC[C@H]1O[C@H](CO)[C@H](O)C1O. The molecular weight excluding hydrogens is 608 g/mol. The standard InChI is InChI=1S/4C6H12O5/c2*7-1-3(8)6-5(10)4(9)2-11-6;2*7-1-3-5(9)6(10)4(2-8)11-3/h4*3-10H,1-2H2/t3-,4?,5-,6-;3-,4-,5?,6+;3-,4-,5+,6?;3-,4-,5-,6?/m1010/s1. The van der Waals surface area contributed by atoms with Crippen molar-refractivity contribution in [2.24, 2.45) is 0 Å². The summed E-state index contributed by atoms with van der Waals surface area (Å²) in [6.07, 6.45) is -15.6. The van der Waals surface area contributed by atoms with E-state index in [-0.39, 0.29) is 39.6 Å². The Morgan fingerprint density at radius 3 is 0.818 bits per heavy atom. The van der Waals surface area contributed by atoms with Gasteiger partial charge in [0.05, 0.1) is 52.9 Å². The van der Waals surface area contributed by atoms with Crippen molar-refractivity contribution in [2.75, 3.05) is 52.9 Å². The van der Waals surface area contributed by atoms with Gasteiger partial charge in [-0.3, -0.25) is 0 Å². The maximum absolute atomic E-state index is 9.11. The van der Waals surface area contributed by atoms with Gasteiger partial charge in [-0.25, -0.2) is 0 Å². The average Bonchev–Trinajstić information content (AvgIpc) is 3.73. The molecule has 20 heteroatoms. The van der Waals surface area contributed by atoms with Crippen LogP contribution in [0.25, 0.3) is 0 Å². The van der Waals surface area contributed by atoms with Crippen LogP contribution in [0.15, 0.2) is 0 Å². The summed E-state index contributed by atoms with van der Waals surface area (Å²) < 4.78 is 19.4. The number of aliphatic hydroxyl groups excluding tert-OH is 16. The maximum Gasteiger partial charge on any atom is 0.114 e. The molecule has 4 aliphatic heterocycles. The summed E-state index contributed by atoms with van der Waals surface area (Å²) in [7, 11) is 0. The minimum absolute atomic E-state index is 0.00287. The highest BCUT2D eigenvalue weighted by molar-refractivity contribution is 4.91. The van der Waals surface area contributed by atoms with Crippen LogP contribution in [0.5, 0.6) is 0 Å². The van der Waals surface area contributed by atoms with Gasteiger partial charge < -0.3 is 101 Å². The van der Waals surface area contributed by atoms with Crippen LogP contribution in [-0.4, -0.2) is 232 Å². The summed E-state index contributed by atoms with van der Waals surface area (Å²) in [6.45, 7) is -2.36. The number of aliphatic hydroxyl groups is 16. The van der Waals surface area contributed by atoms with Gasteiger partial charge in [-0.1, -0.05) is 0 Å². The van der Waals surface area contributed by atoms with Crippen LogP contribution < -0.4 is 0 Å². The van der Waals surface area contributed by atoms with E-state index in [4.69, 9.17) is 101 Å². The lowest BCUT2D eigenvalue weighted by Gasteiger charge is -2.18. The number of ether oxygens (including phenoxy) is 4. The molecule has 0 saturated carbocycles. The van der Waals surface area contributed by atoms with Gasteiger partial charge in [0, 0.05) is 0 Å². The van der Waals surface area contributed by atoms with Crippen LogP contribution >= 0.6 is 0 Å². The van der Waals surface area contributed by atoms with Crippen molar-refractivity contribution in [3.8, 4) is 0 Å². The fraction of sp³-hybridized carbons (Fsp3) is 1.00. The van der Waals surface area contributed by atoms with Crippen molar-refractivity contribution in [1.82, 2.24) is 0 Å². The summed E-state index contributed by atoms with van der Waals surface area (Å²) in [6, 6.07) is 0. The Hall–Kier alpha value is -0.800. The van der Waals surface area contributed by atoms with Gasteiger partial charge in [-0.15, -0.1) is 0 Å². The Kier molecular flexibility index (Phi) is 19.1. The molecule has 0 aromatic heterocycles. The summed E-state index contributed by atoms with van der Waals surface area (Å²) in [4.78, 5) is 0. The molecule has 16 N–H and O–H groups in total. The summed E-state index contributed by atoms with van der Waals surface area (Å²) in [5.41, 5.74) is 0. The van der Waals surface area contributed by atoms with Crippen LogP contribution in [0.3, 0.4) is 0 Å². The van der Waals surface area contributed by atoms with Gasteiger partial charge in [-0.05, 0) is 0 Å². The molecular formula is C24H48O20. The zero-order valence-electron chi connectivity index (χ0n) is 23.7. The third-order valence-corrected chi connectivity index (χ3v) is 7.16. The Balaban J connectivity index is 0.000000293. The molecule has 0 aromatic rings. The summed E-state index contributed by atoms with van der Waals surface area (Å²) in [5, 5.41) is 142. The second kappa shape index (κ2) is 20.4. The monoisotopic (exact) mass is 656 g/mol. The highest BCUT2D eigenvalue weighted by Gasteiger charge is 2.43. The normalized spacial score (nSPS) is 42.8. The molecule has 4 aliphatic rings. The Morgan fingerprint density at radius 2 is 0.682 bits per heavy atom. The minimum Gasteiger partial charge on any atom is -0.394 e. The largest absolute Gasteiger partial charge is 0.394 e. The van der Waals surface area contributed by atoms with Crippen molar-refractivity contribution < 1.29 is 101 Å². The van der Waals surface area contributed by atoms with Crippen LogP contribution in [-0.2, 0) is 18.9 Å².